The van der Waals surface area contributed by atoms with Crippen LogP contribution in [0.25, 0.3) is 0 Å². The molecule has 0 aromatic carbocycles. The van der Waals surface area contributed by atoms with Gasteiger partial charge in [-0.3, -0.25) is 0 Å². The maximum atomic E-state index is 8.19. The third-order valence-corrected chi connectivity index (χ3v) is 1.84. The molecule has 0 bridgehead atoms. The molecule has 2 heteroatoms. The molecule has 0 heterocycles. The molecule has 0 aliphatic heterocycles. The molecule has 0 amide bonds. The van der Waals surface area contributed by atoms with Crippen molar-refractivity contribution < 1.29 is 0 Å². The molecular weight excluding hydrogens is 112 g/mol. The summed E-state index contributed by atoms with van der Waals surface area (Å²) in [6, 6.07) is 2.71. The van der Waals surface area contributed by atoms with Crippen molar-refractivity contribution in [1.29, 1.82) is 5.26 Å². The first-order valence-electron chi connectivity index (χ1n) is 3.43. The monoisotopic (exact) mass is 124 g/mol. The van der Waals surface area contributed by atoms with Gasteiger partial charge in [0.05, 0.1) is 12.6 Å². The highest BCUT2D eigenvalue weighted by Gasteiger charge is 2.23. The van der Waals surface area contributed by atoms with Crippen LogP contribution >= 0.6 is 0 Å². The van der Waals surface area contributed by atoms with Gasteiger partial charge < -0.3 is 5.32 Å². The van der Waals surface area contributed by atoms with Gasteiger partial charge in [0.15, 0.2) is 0 Å². The molecule has 9 heavy (non-hydrogen) atoms. The van der Waals surface area contributed by atoms with E-state index in [4.69, 9.17) is 5.26 Å². The molecule has 1 rings (SSSR count). The predicted octanol–water partition coefficient (Wildman–Crippen LogP) is 0.898. The highest BCUT2D eigenvalue weighted by molar-refractivity contribution is 4.85. The van der Waals surface area contributed by atoms with E-state index in [-0.39, 0.29) is 0 Å². The molecule has 0 radical (unpaired) electrons. The molecule has 1 aliphatic rings. The topological polar surface area (TPSA) is 35.8 Å². The molecule has 0 aromatic rings. The maximum absolute atomic E-state index is 8.19. The first-order valence-corrected chi connectivity index (χ1v) is 3.43. The van der Waals surface area contributed by atoms with E-state index in [1.54, 1.807) is 0 Å². The van der Waals surface area contributed by atoms with Crippen LogP contribution in [0.15, 0.2) is 0 Å². The molecule has 50 valence electrons. The number of hydrogen-bond donors (Lipinski definition) is 1. The fourth-order valence-corrected chi connectivity index (χ4v) is 1.26. The Kier molecular flexibility index (Phi) is 2.07. The van der Waals surface area contributed by atoms with E-state index in [1.807, 2.05) is 0 Å². The Bertz CT molecular complexity index is 119. The van der Waals surface area contributed by atoms with Gasteiger partial charge in [0.2, 0.25) is 0 Å². The van der Waals surface area contributed by atoms with Gasteiger partial charge >= 0.3 is 0 Å². The summed E-state index contributed by atoms with van der Waals surface area (Å²) in [6.07, 6.45) is 2.50. The van der Waals surface area contributed by atoms with Crippen molar-refractivity contribution in [2.24, 2.45) is 5.92 Å². The van der Waals surface area contributed by atoms with Crippen LogP contribution in [0.2, 0.25) is 0 Å². The average molecular weight is 124 g/mol. The summed E-state index contributed by atoms with van der Waals surface area (Å²) in [5.74, 6) is 0.876. The third-order valence-electron chi connectivity index (χ3n) is 1.84. The zero-order chi connectivity index (χ0) is 6.69. The van der Waals surface area contributed by atoms with Crippen molar-refractivity contribution in [3.63, 3.8) is 0 Å². The fourth-order valence-electron chi connectivity index (χ4n) is 1.26. The Morgan fingerprint density at radius 1 is 1.67 bits per heavy atom. The van der Waals surface area contributed by atoms with Crippen molar-refractivity contribution >= 4 is 0 Å². The summed E-state index contributed by atoms with van der Waals surface area (Å²) in [7, 11) is 0. The molecular formula is C7H12N2. The lowest BCUT2D eigenvalue weighted by Crippen LogP contribution is -2.40. The van der Waals surface area contributed by atoms with Gasteiger partial charge in [-0.05, 0) is 18.8 Å². The van der Waals surface area contributed by atoms with Gasteiger partial charge in [0, 0.05) is 6.04 Å². The van der Waals surface area contributed by atoms with Gasteiger partial charge in [-0.1, -0.05) is 6.92 Å². The summed E-state index contributed by atoms with van der Waals surface area (Å²) in [5.41, 5.74) is 0. The zero-order valence-corrected chi connectivity index (χ0v) is 5.72. The SMILES string of the molecule is CC1CC(NCC#N)C1. The normalized spacial score (nSPS) is 32.9. The number of rotatable bonds is 2. The Labute approximate surface area is 55.9 Å². The van der Waals surface area contributed by atoms with Crippen LogP contribution in [0.1, 0.15) is 19.8 Å². The minimum Gasteiger partial charge on any atom is -0.302 e. The third kappa shape index (κ3) is 1.69. The lowest BCUT2D eigenvalue weighted by Gasteiger charge is -2.32. The second-order valence-electron chi connectivity index (χ2n) is 2.81. The van der Waals surface area contributed by atoms with Gasteiger partial charge in [-0.25, -0.2) is 0 Å². The summed E-state index contributed by atoms with van der Waals surface area (Å²) >= 11 is 0. The summed E-state index contributed by atoms with van der Waals surface area (Å²) in [4.78, 5) is 0. The minimum absolute atomic E-state index is 0.511. The Morgan fingerprint density at radius 2 is 2.33 bits per heavy atom. The highest BCUT2D eigenvalue weighted by Crippen LogP contribution is 2.25. The van der Waals surface area contributed by atoms with Crippen molar-refractivity contribution in [1.82, 2.24) is 5.32 Å². The molecule has 2 nitrogen and oxygen atoms in total. The molecule has 0 unspecified atom stereocenters. The second-order valence-corrected chi connectivity index (χ2v) is 2.81. The van der Waals surface area contributed by atoms with E-state index in [0.29, 0.717) is 12.6 Å². The van der Waals surface area contributed by atoms with Crippen LogP contribution in [0.5, 0.6) is 0 Å². The second kappa shape index (κ2) is 2.84. The minimum atomic E-state index is 0.511. The Balaban J connectivity index is 1.99. The predicted molar refractivity (Wildman–Crippen MR) is 35.8 cm³/mol. The van der Waals surface area contributed by atoms with Crippen LogP contribution < -0.4 is 5.32 Å². The van der Waals surface area contributed by atoms with Gasteiger partial charge in [0.1, 0.15) is 0 Å². The van der Waals surface area contributed by atoms with Crippen LogP contribution in [-0.2, 0) is 0 Å². The van der Waals surface area contributed by atoms with Crippen molar-refractivity contribution in [3.8, 4) is 6.07 Å². The molecule has 1 saturated carbocycles. The summed E-state index contributed by atoms with van der Waals surface area (Å²) in [5, 5.41) is 11.3. The van der Waals surface area contributed by atoms with Crippen molar-refractivity contribution in [2.45, 2.75) is 25.8 Å². The van der Waals surface area contributed by atoms with E-state index in [0.717, 1.165) is 5.92 Å². The molecule has 0 saturated heterocycles. The smallest absolute Gasteiger partial charge is 0.0843 e. The zero-order valence-electron chi connectivity index (χ0n) is 5.72. The lowest BCUT2D eigenvalue weighted by atomic mass is 9.82. The van der Waals surface area contributed by atoms with E-state index in [9.17, 15) is 0 Å². The van der Waals surface area contributed by atoms with Gasteiger partial charge in [-0.15, -0.1) is 0 Å². The van der Waals surface area contributed by atoms with E-state index < -0.39 is 0 Å². The Hall–Kier alpha value is -0.550. The first-order chi connectivity index (χ1) is 4.33. The van der Waals surface area contributed by atoms with Crippen LogP contribution in [0, 0.1) is 17.2 Å². The summed E-state index contributed by atoms with van der Waals surface area (Å²) < 4.78 is 0. The molecule has 0 spiro atoms. The standard InChI is InChI=1S/C7H12N2/c1-6-4-7(5-6)9-3-2-8/h6-7,9H,3-5H2,1H3. The van der Waals surface area contributed by atoms with E-state index in [1.165, 1.54) is 12.8 Å². The molecule has 1 aliphatic carbocycles. The number of hydrogen-bond acceptors (Lipinski definition) is 2. The van der Waals surface area contributed by atoms with Crippen LogP contribution in [-0.4, -0.2) is 12.6 Å². The lowest BCUT2D eigenvalue weighted by molar-refractivity contribution is 0.249. The molecule has 1 fully saturated rings. The van der Waals surface area contributed by atoms with Crippen LogP contribution in [0.3, 0.4) is 0 Å². The van der Waals surface area contributed by atoms with Crippen molar-refractivity contribution in [3.05, 3.63) is 0 Å². The number of nitriles is 1. The van der Waals surface area contributed by atoms with E-state index >= 15 is 0 Å². The van der Waals surface area contributed by atoms with E-state index in [2.05, 4.69) is 18.3 Å². The van der Waals surface area contributed by atoms with Crippen LogP contribution in [0.4, 0.5) is 0 Å². The van der Waals surface area contributed by atoms with Gasteiger partial charge in [-0.2, -0.15) is 5.26 Å². The molecule has 1 N–H and O–H groups in total. The van der Waals surface area contributed by atoms with Crippen molar-refractivity contribution in [2.75, 3.05) is 6.54 Å². The number of nitrogens with zero attached hydrogens (tertiary/aromatic N) is 1. The molecule has 0 atom stereocenters. The largest absolute Gasteiger partial charge is 0.302 e. The average Bonchev–Trinajstić information content (AvgIpc) is 1.78. The van der Waals surface area contributed by atoms with Gasteiger partial charge in [0.25, 0.3) is 0 Å². The fraction of sp³-hybridized carbons (Fsp3) is 0.857. The number of nitrogens with one attached hydrogen (secondary N) is 1. The quantitative estimate of drug-likeness (QED) is 0.555. The maximum Gasteiger partial charge on any atom is 0.0843 e. The molecule has 0 aromatic heterocycles. The first kappa shape index (κ1) is 6.57. The summed E-state index contributed by atoms with van der Waals surface area (Å²) in [6.45, 7) is 2.75. The highest BCUT2D eigenvalue weighted by atomic mass is 14.9. The Morgan fingerprint density at radius 3 is 2.78 bits per heavy atom.